The van der Waals surface area contributed by atoms with Crippen LogP contribution >= 0.6 is 0 Å². The minimum atomic E-state index is 0.126. The molecular formula is C13H16N2O4. The fraction of sp³-hybridized carbons (Fsp3) is 0.308. The van der Waals surface area contributed by atoms with Crippen LogP contribution in [0.3, 0.4) is 0 Å². The minimum absolute atomic E-state index is 0.126. The van der Waals surface area contributed by atoms with Gasteiger partial charge < -0.3 is 24.4 Å². The summed E-state index contributed by atoms with van der Waals surface area (Å²) in [6.45, 7) is 1.79. The number of anilines is 1. The maximum absolute atomic E-state index is 5.55. The number of ether oxygens (including phenoxy) is 3. The van der Waals surface area contributed by atoms with Gasteiger partial charge in [0, 0.05) is 5.56 Å². The van der Waals surface area contributed by atoms with Crippen molar-refractivity contribution in [3.63, 3.8) is 0 Å². The minimum Gasteiger partial charge on any atom is -0.493 e. The highest BCUT2D eigenvalue weighted by atomic mass is 16.5. The van der Waals surface area contributed by atoms with Crippen LogP contribution in [0.5, 0.6) is 17.2 Å². The number of aryl methyl sites for hydroxylation is 1. The first-order chi connectivity index (χ1) is 9.10. The summed E-state index contributed by atoms with van der Waals surface area (Å²) in [7, 11) is 4.68. The Morgan fingerprint density at radius 3 is 2.00 bits per heavy atom. The Kier molecular flexibility index (Phi) is 3.50. The highest BCUT2D eigenvalue weighted by Gasteiger charge is 2.17. The highest BCUT2D eigenvalue weighted by molar-refractivity contribution is 5.70. The Morgan fingerprint density at radius 2 is 1.63 bits per heavy atom. The first kappa shape index (κ1) is 13.1. The van der Waals surface area contributed by atoms with Gasteiger partial charge in [0.15, 0.2) is 11.5 Å². The predicted molar refractivity (Wildman–Crippen MR) is 70.7 cm³/mol. The SMILES string of the molecule is COc1cc(-c2nc(N)oc2C)cc(OC)c1OC. The second-order valence-corrected chi connectivity index (χ2v) is 3.87. The van der Waals surface area contributed by atoms with Crippen molar-refractivity contribution >= 4 is 6.01 Å². The molecule has 0 bridgehead atoms. The summed E-state index contributed by atoms with van der Waals surface area (Å²) in [5, 5.41) is 0. The lowest BCUT2D eigenvalue weighted by Gasteiger charge is -2.13. The van der Waals surface area contributed by atoms with Gasteiger partial charge in [-0.2, -0.15) is 4.98 Å². The molecule has 0 aliphatic carbocycles. The summed E-state index contributed by atoms with van der Waals surface area (Å²) in [5.41, 5.74) is 6.98. The zero-order valence-corrected chi connectivity index (χ0v) is 11.3. The molecule has 0 amide bonds. The van der Waals surface area contributed by atoms with Crippen LogP contribution in [0.4, 0.5) is 6.01 Å². The molecule has 0 unspecified atom stereocenters. The number of methoxy groups -OCH3 is 3. The Bertz CT molecular complexity index is 567. The maximum Gasteiger partial charge on any atom is 0.292 e. The van der Waals surface area contributed by atoms with E-state index in [2.05, 4.69) is 4.98 Å². The Hall–Kier alpha value is -2.37. The number of nitrogen functional groups attached to an aromatic ring is 1. The van der Waals surface area contributed by atoms with E-state index in [1.807, 2.05) is 0 Å². The van der Waals surface area contributed by atoms with Crippen molar-refractivity contribution in [3.05, 3.63) is 17.9 Å². The standard InChI is InChI=1S/C13H16N2O4/c1-7-11(15-13(14)19-7)8-5-9(16-2)12(18-4)10(6-8)17-3/h5-6H,1-4H3,(H2,14,15). The van der Waals surface area contributed by atoms with Gasteiger partial charge in [-0.1, -0.05) is 0 Å². The van der Waals surface area contributed by atoms with Gasteiger partial charge in [0.05, 0.1) is 21.3 Å². The van der Waals surface area contributed by atoms with Gasteiger partial charge in [0.1, 0.15) is 11.5 Å². The van der Waals surface area contributed by atoms with Crippen molar-refractivity contribution in [3.8, 4) is 28.5 Å². The third-order valence-electron chi connectivity index (χ3n) is 2.75. The van der Waals surface area contributed by atoms with Crippen molar-refractivity contribution in [2.45, 2.75) is 6.92 Å². The molecule has 6 heteroatoms. The molecule has 0 saturated heterocycles. The van der Waals surface area contributed by atoms with Crippen LogP contribution in [0.1, 0.15) is 5.76 Å². The summed E-state index contributed by atoms with van der Waals surface area (Å²) < 4.78 is 21.1. The van der Waals surface area contributed by atoms with Crippen molar-refractivity contribution < 1.29 is 18.6 Å². The number of benzene rings is 1. The van der Waals surface area contributed by atoms with Crippen molar-refractivity contribution in [1.29, 1.82) is 0 Å². The van der Waals surface area contributed by atoms with Crippen LogP contribution in [0, 0.1) is 6.92 Å². The van der Waals surface area contributed by atoms with E-state index < -0.39 is 0 Å². The van der Waals surface area contributed by atoms with Crippen molar-refractivity contribution in [2.75, 3.05) is 27.1 Å². The summed E-state index contributed by atoms with van der Waals surface area (Å²) in [4.78, 5) is 4.15. The molecule has 0 saturated carbocycles. The summed E-state index contributed by atoms with van der Waals surface area (Å²) in [5.74, 6) is 2.27. The molecule has 2 aromatic rings. The third kappa shape index (κ3) is 2.29. The van der Waals surface area contributed by atoms with Gasteiger partial charge in [-0.15, -0.1) is 0 Å². The monoisotopic (exact) mass is 264 g/mol. The van der Waals surface area contributed by atoms with Crippen molar-refractivity contribution in [2.24, 2.45) is 0 Å². The van der Waals surface area contributed by atoms with Gasteiger partial charge in [0.2, 0.25) is 5.75 Å². The molecule has 2 N–H and O–H groups in total. The number of oxazole rings is 1. The zero-order valence-electron chi connectivity index (χ0n) is 11.3. The van der Waals surface area contributed by atoms with Gasteiger partial charge in [-0.25, -0.2) is 0 Å². The van der Waals surface area contributed by atoms with E-state index in [1.54, 1.807) is 40.4 Å². The van der Waals surface area contributed by atoms with E-state index in [1.165, 1.54) is 0 Å². The van der Waals surface area contributed by atoms with E-state index >= 15 is 0 Å². The largest absolute Gasteiger partial charge is 0.493 e. The molecular weight excluding hydrogens is 248 g/mol. The fourth-order valence-corrected chi connectivity index (χ4v) is 1.90. The molecule has 102 valence electrons. The molecule has 0 aliphatic heterocycles. The van der Waals surface area contributed by atoms with Crippen LogP contribution in [-0.4, -0.2) is 26.3 Å². The molecule has 6 nitrogen and oxygen atoms in total. The number of nitrogens with two attached hydrogens (primary N) is 1. The molecule has 1 aromatic heterocycles. The Morgan fingerprint density at radius 1 is 1.05 bits per heavy atom. The van der Waals surface area contributed by atoms with Gasteiger partial charge in [-0.3, -0.25) is 0 Å². The van der Waals surface area contributed by atoms with E-state index in [-0.39, 0.29) is 6.01 Å². The lowest BCUT2D eigenvalue weighted by molar-refractivity contribution is 0.324. The van der Waals surface area contributed by atoms with Crippen LogP contribution in [0.2, 0.25) is 0 Å². The van der Waals surface area contributed by atoms with Gasteiger partial charge in [0.25, 0.3) is 6.01 Å². The number of hydrogen-bond donors (Lipinski definition) is 1. The lowest BCUT2D eigenvalue weighted by atomic mass is 10.1. The summed E-state index contributed by atoms with van der Waals surface area (Å²) in [6, 6.07) is 3.72. The number of aromatic nitrogens is 1. The normalized spacial score (nSPS) is 10.3. The van der Waals surface area contributed by atoms with Crippen molar-refractivity contribution in [1.82, 2.24) is 4.98 Å². The lowest BCUT2D eigenvalue weighted by Crippen LogP contribution is -1.96. The second-order valence-electron chi connectivity index (χ2n) is 3.87. The van der Waals surface area contributed by atoms with Crippen LogP contribution < -0.4 is 19.9 Å². The average Bonchev–Trinajstić information content (AvgIpc) is 2.75. The molecule has 0 radical (unpaired) electrons. The van der Waals surface area contributed by atoms with Crippen LogP contribution in [-0.2, 0) is 0 Å². The first-order valence-corrected chi connectivity index (χ1v) is 5.64. The maximum atomic E-state index is 5.55. The molecule has 0 fully saturated rings. The van der Waals surface area contributed by atoms with E-state index in [0.717, 1.165) is 5.56 Å². The van der Waals surface area contributed by atoms with Gasteiger partial charge >= 0.3 is 0 Å². The molecule has 0 spiro atoms. The summed E-state index contributed by atoms with van der Waals surface area (Å²) >= 11 is 0. The Labute approximate surface area is 111 Å². The van der Waals surface area contributed by atoms with E-state index in [4.69, 9.17) is 24.4 Å². The number of rotatable bonds is 4. The third-order valence-corrected chi connectivity index (χ3v) is 2.75. The number of hydrogen-bond acceptors (Lipinski definition) is 6. The fourth-order valence-electron chi connectivity index (χ4n) is 1.90. The average molecular weight is 264 g/mol. The molecule has 19 heavy (non-hydrogen) atoms. The van der Waals surface area contributed by atoms with Gasteiger partial charge in [-0.05, 0) is 19.1 Å². The highest BCUT2D eigenvalue weighted by Crippen LogP contribution is 2.41. The topological polar surface area (TPSA) is 79.7 Å². The summed E-state index contributed by atoms with van der Waals surface area (Å²) in [6.07, 6.45) is 0. The zero-order chi connectivity index (χ0) is 14.0. The molecule has 1 aromatic carbocycles. The van der Waals surface area contributed by atoms with E-state index in [9.17, 15) is 0 Å². The second kappa shape index (κ2) is 5.09. The van der Waals surface area contributed by atoms with E-state index in [0.29, 0.717) is 28.7 Å². The molecule has 1 heterocycles. The first-order valence-electron chi connectivity index (χ1n) is 5.64. The molecule has 2 rings (SSSR count). The molecule has 0 atom stereocenters. The molecule has 0 aliphatic rings. The Balaban J connectivity index is 2.62. The predicted octanol–water partition coefficient (Wildman–Crippen LogP) is 2.26. The van der Waals surface area contributed by atoms with Crippen LogP contribution in [0.25, 0.3) is 11.3 Å². The smallest absolute Gasteiger partial charge is 0.292 e. The number of nitrogens with zero attached hydrogens (tertiary/aromatic N) is 1. The van der Waals surface area contributed by atoms with Crippen LogP contribution in [0.15, 0.2) is 16.5 Å². The quantitative estimate of drug-likeness (QED) is 0.912.